The van der Waals surface area contributed by atoms with Gasteiger partial charge in [-0.1, -0.05) is 56.3 Å². The molecule has 2 amide bonds. The first-order valence-electron chi connectivity index (χ1n) is 10.8. The highest BCUT2D eigenvalue weighted by Crippen LogP contribution is 2.41. The van der Waals surface area contributed by atoms with Crippen molar-refractivity contribution >= 4 is 28.9 Å². The number of piperazine rings is 1. The van der Waals surface area contributed by atoms with Crippen LogP contribution in [0, 0.1) is 0 Å². The largest absolute Gasteiger partial charge is 0.356 e. The number of benzene rings is 2. The number of amides is 2. The molecule has 2 aliphatic heterocycles. The number of carbonyl (C=O) groups excluding carboxylic acids is 2. The van der Waals surface area contributed by atoms with E-state index >= 15 is 0 Å². The predicted octanol–water partition coefficient (Wildman–Crippen LogP) is 3.77. The molecule has 2 aromatic carbocycles. The monoisotopic (exact) mass is 414 g/mol. The summed E-state index contributed by atoms with van der Waals surface area (Å²) in [5.74, 6) is 0.184. The second-order valence-corrected chi connectivity index (χ2v) is 8.82. The van der Waals surface area contributed by atoms with Gasteiger partial charge in [-0.3, -0.25) is 9.59 Å². The summed E-state index contributed by atoms with van der Waals surface area (Å²) in [5.41, 5.74) is 3.97. The number of hydrogen-bond donors (Lipinski definition) is 1. The van der Waals surface area contributed by atoms with Crippen molar-refractivity contribution in [2.75, 3.05) is 13.1 Å². The van der Waals surface area contributed by atoms with Gasteiger partial charge in [-0.2, -0.15) is 5.10 Å². The maximum atomic E-state index is 13.6. The molecule has 0 aliphatic carbocycles. The number of hydrogen-bond acceptors (Lipinski definition) is 3. The minimum absolute atomic E-state index is 0.0371. The van der Waals surface area contributed by atoms with Crippen LogP contribution in [0.4, 0.5) is 0 Å². The van der Waals surface area contributed by atoms with Crippen molar-refractivity contribution in [1.82, 2.24) is 14.9 Å². The maximum Gasteiger partial charge on any atom is 0.275 e. The number of nitrogens with one attached hydrogen (secondary N) is 1. The van der Waals surface area contributed by atoms with Crippen molar-refractivity contribution in [2.45, 2.75) is 38.6 Å². The number of aromatic nitrogens is 1. The van der Waals surface area contributed by atoms with E-state index in [9.17, 15) is 9.59 Å². The van der Waals surface area contributed by atoms with Gasteiger partial charge in [0.05, 0.1) is 11.9 Å². The van der Waals surface area contributed by atoms with E-state index in [1.165, 1.54) is 10.6 Å². The molecule has 0 radical (unpaired) electrons. The second kappa shape index (κ2) is 7.08. The highest BCUT2D eigenvalue weighted by atomic mass is 16.2. The van der Waals surface area contributed by atoms with E-state index in [2.05, 4.69) is 42.1 Å². The number of H-pyrrole nitrogens is 1. The minimum Gasteiger partial charge on any atom is -0.356 e. The molecule has 3 heterocycles. The van der Waals surface area contributed by atoms with Crippen molar-refractivity contribution in [3.05, 3.63) is 70.9 Å². The fraction of sp³-hybridized carbons (Fsp3) is 0.320. The van der Waals surface area contributed by atoms with Crippen LogP contribution in [0.3, 0.4) is 0 Å². The summed E-state index contributed by atoms with van der Waals surface area (Å²) in [6.07, 6.45) is 2.39. The summed E-state index contributed by atoms with van der Waals surface area (Å²) in [6.45, 7) is 6.63. The number of rotatable bonds is 3. The summed E-state index contributed by atoms with van der Waals surface area (Å²) in [5, 5.41) is 6.85. The Morgan fingerprint density at radius 3 is 2.58 bits per heavy atom. The lowest BCUT2D eigenvalue weighted by atomic mass is 9.83. The first-order chi connectivity index (χ1) is 14.9. The van der Waals surface area contributed by atoms with E-state index in [1.807, 2.05) is 37.3 Å². The van der Waals surface area contributed by atoms with Gasteiger partial charge in [-0.05, 0) is 42.0 Å². The van der Waals surface area contributed by atoms with Crippen LogP contribution in [0.5, 0.6) is 0 Å². The average molecular weight is 415 g/mol. The van der Waals surface area contributed by atoms with Crippen LogP contribution in [-0.2, 0) is 21.5 Å². The molecule has 3 aromatic rings. The minimum atomic E-state index is -1.08. The standard InChI is InChI=1S/C25H26N4O2/c1-16(2)18-10-8-17(9-11-18)14-26-29-15-22(30)28-13-12-20-19-6-4-5-7-21(19)27-23(20)25(28,3)24(29)31/h4-11,14,16,27H,12-13,15H2,1-3H3. The van der Waals surface area contributed by atoms with Crippen molar-refractivity contribution in [3.63, 3.8) is 0 Å². The summed E-state index contributed by atoms with van der Waals surface area (Å²) in [4.78, 5) is 31.7. The lowest BCUT2D eigenvalue weighted by molar-refractivity contribution is -0.165. The maximum absolute atomic E-state index is 13.6. The van der Waals surface area contributed by atoms with Gasteiger partial charge in [0.2, 0.25) is 5.91 Å². The summed E-state index contributed by atoms with van der Waals surface area (Å²) < 4.78 is 0. The van der Waals surface area contributed by atoms with Crippen molar-refractivity contribution < 1.29 is 9.59 Å². The molecular formula is C25H26N4O2. The zero-order chi connectivity index (χ0) is 21.8. The van der Waals surface area contributed by atoms with Gasteiger partial charge in [0.25, 0.3) is 5.91 Å². The molecule has 5 rings (SSSR count). The highest BCUT2D eigenvalue weighted by Gasteiger charge is 2.54. The predicted molar refractivity (Wildman–Crippen MR) is 121 cm³/mol. The van der Waals surface area contributed by atoms with Gasteiger partial charge in [-0.25, -0.2) is 5.01 Å². The van der Waals surface area contributed by atoms with Crippen molar-refractivity contribution in [3.8, 4) is 0 Å². The fourth-order valence-electron chi connectivity index (χ4n) is 4.79. The molecule has 6 nitrogen and oxygen atoms in total. The van der Waals surface area contributed by atoms with E-state index in [4.69, 9.17) is 0 Å². The van der Waals surface area contributed by atoms with Gasteiger partial charge in [0.15, 0.2) is 5.54 Å². The van der Waals surface area contributed by atoms with Crippen LogP contribution in [0.2, 0.25) is 0 Å². The molecule has 1 unspecified atom stereocenters. The summed E-state index contributed by atoms with van der Waals surface area (Å²) in [7, 11) is 0. The molecule has 1 aromatic heterocycles. The lowest BCUT2D eigenvalue weighted by Gasteiger charge is -2.48. The molecule has 0 saturated carbocycles. The molecule has 1 atom stereocenters. The highest BCUT2D eigenvalue weighted by molar-refractivity contribution is 6.01. The number of aromatic amines is 1. The zero-order valence-corrected chi connectivity index (χ0v) is 18.1. The van der Waals surface area contributed by atoms with Crippen LogP contribution in [-0.4, -0.2) is 46.0 Å². The molecule has 1 fully saturated rings. The normalized spacial score (nSPS) is 21.3. The Morgan fingerprint density at radius 1 is 1.10 bits per heavy atom. The number of para-hydroxylation sites is 1. The third-order valence-electron chi connectivity index (χ3n) is 6.61. The smallest absolute Gasteiger partial charge is 0.275 e. The molecule has 1 saturated heterocycles. The van der Waals surface area contributed by atoms with E-state index in [0.717, 1.165) is 34.1 Å². The Bertz CT molecular complexity index is 1210. The topological polar surface area (TPSA) is 68.8 Å². The Balaban J connectivity index is 1.50. The molecule has 31 heavy (non-hydrogen) atoms. The first kappa shape index (κ1) is 19.5. The van der Waals surface area contributed by atoms with E-state index in [0.29, 0.717) is 12.5 Å². The fourth-order valence-corrected chi connectivity index (χ4v) is 4.79. The summed E-state index contributed by atoms with van der Waals surface area (Å²) in [6, 6.07) is 16.1. The Hall–Kier alpha value is -3.41. The third-order valence-corrected chi connectivity index (χ3v) is 6.61. The number of carbonyl (C=O) groups is 2. The molecule has 158 valence electrons. The average Bonchev–Trinajstić information content (AvgIpc) is 3.16. The number of hydrazone groups is 1. The summed E-state index contributed by atoms with van der Waals surface area (Å²) >= 11 is 0. The van der Waals surface area contributed by atoms with Crippen LogP contribution >= 0.6 is 0 Å². The molecular weight excluding hydrogens is 388 g/mol. The van der Waals surface area contributed by atoms with Crippen molar-refractivity contribution in [1.29, 1.82) is 0 Å². The molecule has 2 aliphatic rings. The van der Waals surface area contributed by atoms with Gasteiger partial charge in [-0.15, -0.1) is 0 Å². The Labute approximate surface area is 181 Å². The second-order valence-electron chi connectivity index (χ2n) is 8.82. The van der Waals surface area contributed by atoms with Crippen LogP contribution in [0.25, 0.3) is 10.9 Å². The van der Waals surface area contributed by atoms with Gasteiger partial charge in [0.1, 0.15) is 6.54 Å². The molecule has 1 N–H and O–H groups in total. The number of fused-ring (bicyclic) bond motifs is 5. The quantitative estimate of drug-likeness (QED) is 0.663. The molecule has 0 bridgehead atoms. The molecule has 6 heteroatoms. The zero-order valence-electron chi connectivity index (χ0n) is 18.1. The van der Waals surface area contributed by atoms with Crippen LogP contribution in [0.15, 0.2) is 53.6 Å². The van der Waals surface area contributed by atoms with Gasteiger partial charge < -0.3 is 9.88 Å². The van der Waals surface area contributed by atoms with E-state index in [1.54, 1.807) is 11.1 Å². The lowest BCUT2D eigenvalue weighted by Crippen LogP contribution is -2.65. The Kier molecular flexibility index (Phi) is 4.46. The molecule has 0 spiro atoms. The van der Waals surface area contributed by atoms with Crippen LogP contribution < -0.4 is 0 Å². The van der Waals surface area contributed by atoms with E-state index in [-0.39, 0.29) is 18.4 Å². The van der Waals surface area contributed by atoms with Crippen molar-refractivity contribution in [2.24, 2.45) is 5.10 Å². The third kappa shape index (κ3) is 2.97. The van der Waals surface area contributed by atoms with Gasteiger partial charge >= 0.3 is 0 Å². The van der Waals surface area contributed by atoms with Crippen LogP contribution in [0.1, 0.15) is 49.1 Å². The van der Waals surface area contributed by atoms with E-state index < -0.39 is 5.54 Å². The number of nitrogens with zero attached hydrogens (tertiary/aromatic N) is 3. The van der Waals surface area contributed by atoms with Gasteiger partial charge in [0, 0.05) is 17.4 Å². The Morgan fingerprint density at radius 2 is 1.84 bits per heavy atom. The SMILES string of the molecule is CC(C)c1ccc(C=NN2CC(=O)N3CCc4c([nH]c5ccccc45)C3(C)C2=O)cc1. The first-order valence-corrected chi connectivity index (χ1v) is 10.8.